The number of amides is 10. The fraction of sp³-hybridized carbons (Fsp3) is 0.673. The zero-order chi connectivity index (χ0) is 58.8. The van der Waals surface area contributed by atoms with Crippen LogP contribution in [0, 0.1) is 11.8 Å². The van der Waals surface area contributed by atoms with E-state index in [1.165, 1.54) is 40.0 Å². The number of hydrogen-bond donors (Lipinski definition) is 11. The molecule has 78 heavy (non-hydrogen) atoms. The summed E-state index contributed by atoms with van der Waals surface area (Å²) in [4.78, 5) is 142. The van der Waals surface area contributed by atoms with Gasteiger partial charge in [0.05, 0.1) is 33.4 Å². The van der Waals surface area contributed by atoms with Gasteiger partial charge in [0.25, 0.3) is 0 Å². The van der Waals surface area contributed by atoms with Gasteiger partial charge in [0.2, 0.25) is 59.1 Å². The predicted octanol–water partition coefficient (Wildman–Crippen LogP) is -1.80. The smallest absolute Gasteiger partial charge is 0.245 e. The van der Waals surface area contributed by atoms with Crippen LogP contribution in [0.2, 0.25) is 0 Å². The quantitative estimate of drug-likeness (QED) is 0.0210. The van der Waals surface area contributed by atoms with Crippen molar-refractivity contribution in [2.45, 2.75) is 162 Å². The second-order valence-corrected chi connectivity index (χ2v) is 19.9. The highest BCUT2D eigenvalue weighted by Gasteiger charge is 2.40. The molecule has 26 nitrogen and oxygen atoms in total. The number of carbonyl (C=O) groups is 10. The molecule has 1 aliphatic rings. The number of methoxy groups -OCH3 is 2. The molecular formula is C52H87N13O13. The summed E-state index contributed by atoms with van der Waals surface area (Å²) in [6.45, 7) is 13.1. The SMILES string of the molecule is CCC[C@H](NC(=O)[C@@H](NC(=O)[C@@H](CC(C)C)NC(=O)[C@H](Cc1ccc(OC)c(OC)c1)NC(=O)CNC(=O)CN(C)C(C)=O)[C@@H](C)O)C(=O)N[C@H](C(=O)N[C@@H](CCCN=C(N)N)C(=O)N1CCC[C@H]1C(=O)NCC)[C@@H](C)CC. The minimum Gasteiger partial charge on any atom is -0.493 e. The number of carbonyl (C=O) groups excluding carboxylic acids is 10. The van der Waals surface area contributed by atoms with Crippen LogP contribution < -0.4 is 63.5 Å². The van der Waals surface area contributed by atoms with E-state index in [1.54, 1.807) is 52.8 Å². The lowest BCUT2D eigenvalue weighted by Crippen LogP contribution is -2.62. The van der Waals surface area contributed by atoms with E-state index < -0.39 is 108 Å². The molecule has 1 aliphatic heterocycles. The molecule has 0 radical (unpaired) electrons. The van der Waals surface area contributed by atoms with Crippen LogP contribution >= 0.6 is 0 Å². The second kappa shape index (κ2) is 33.8. The summed E-state index contributed by atoms with van der Waals surface area (Å²) in [6.07, 6.45) is 0.594. The van der Waals surface area contributed by atoms with Crippen molar-refractivity contribution >= 4 is 65.0 Å². The Morgan fingerprint density at radius 2 is 1.36 bits per heavy atom. The van der Waals surface area contributed by atoms with Crippen LogP contribution in [0.5, 0.6) is 11.5 Å². The van der Waals surface area contributed by atoms with Gasteiger partial charge in [-0.2, -0.15) is 0 Å². The number of likely N-dealkylation sites (tertiary alicyclic amines) is 1. The van der Waals surface area contributed by atoms with Crippen LogP contribution in [0.3, 0.4) is 0 Å². The molecule has 0 spiro atoms. The molecule has 13 N–H and O–H groups in total. The average molecular weight is 1100 g/mol. The first-order valence-electron chi connectivity index (χ1n) is 26.6. The number of hydrogen-bond acceptors (Lipinski definition) is 14. The summed E-state index contributed by atoms with van der Waals surface area (Å²) < 4.78 is 10.8. The van der Waals surface area contributed by atoms with Crippen molar-refractivity contribution in [1.29, 1.82) is 0 Å². The number of aliphatic hydroxyl groups is 1. The van der Waals surface area contributed by atoms with Gasteiger partial charge in [0.15, 0.2) is 17.5 Å². The molecule has 0 bridgehead atoms. The number of likely N-dealkylation sites (N-methyl/N-ethyl adjacent to an activating group) is 2. The maximum absolute atomic E-state index is 14.2. The van der Waals surface area contributed by atoms with Gasteiger partial charge in [0, 0.05) is 40.0 Å². The van der Waals surface area contributed by atoms with Crippen LogP contribution in [-0.2, 0) is 54.4 Å². The molecule has 1 fully saturated rings. The number of aliphatic hydroxyl groups excluding tert-OH is 1. The van der Waals surface area contributed by atoms with Crippen LogP contribution in [0.25, 0.3) is 0 Å². The fourth-order valence-electron chi connectivity index (χ4n) is 8.49. The van der Waals surface area contributed by atoms with Crippen molar-refractivity contribution in [3.63, 3.8) is 0 Å². The Hall–Kier alpha value is -7.25. The third-order valence-corrected chi connectivity index (χ3v) is 13.1. The summed E-state index contributed by atoms with van der Waals surface area (Å²) >= 11 is 0. The van der Waals surface area contributed by atoms with Crippen molar-refractivity contribution in [3.05, 3.63) is 23.8 Å². The highest BCUT2D eigenvalue weighted by molar-refractivity contribution is 5.98. The second-order valence-electron chi connectivity index (χ2n) is 19.9. The van der Waals surface area contributed by atoms with E-state index >= 15 is 0 Å². The van der Waals surface area contributed by atoms with E-state index in [9.17, 15) is 53.1 Å². The number of rotatable bonds is 33. The largest absolute Gasteiger partial charge is 0.493 e. The summed E-state index contributed by atoms with van der Waals surface area (Å²) in [5, 5.41) is 32.1. The van der Waals surface area contributed by atoms with Gasteiger partial charge in [-0.15, -0.1) is 0 Å². The Morgan fingerprint density at radius 3 is 1.94 bits per heavy atom. The highest BCUT2D eigenvalue weighted by Crippen LogP contribution is 2.28. The number of aliphatic imine (C=N–C) groups is 1. The van der Waals surface area contributed by atoms with Crippen molar-refractivity contribution in [1.82, 2.24) is 52.3 Å². The minimum atomic E-state index is -1.67. The van der Waals surface area contributed by atoms with Crippen molar-refractivity contribution in [2.24, 2.45) is 28.3 Å². The van der Waals surface area contributed by atoms with Gasteiger partial charge in [-0.25, -0.2) is 0 Å². The first-order chi connectivity index (χ1) is 36.8. The maximum Gasteiger partial charge on any atom is 0.245 e. The summed E-state index contributed by atoms with van der Waals surface area (Å²) in [7, 11) is 4.28. The number of guanidine groups is 1. The molecular weight excluding hydrogens is 1010 g/mol. The summed E-state index contributed by atoms with van der Waals surface area (Å²) in [5.74, 6) is -6.81. The predicted molar refractivity (Wildman–Crippen MR) is 290 cm³/mol. The molecule has 0 aliphatic carbocycles. The molecule has 1 saturated heterocycles. The zero-order valence-electron chi connectivity index (χ0n) is 47.2. The minimum absolute atomic E-state index is 0.0257. The number of ether oxygens (including phenoxy) is 2. The van der Waals surface area contributed by atoms with Crippen LogP contribution in [0.4, 0.5) is 0 Å². The number of nitrogens with zero attached hydrogens (tertiary/aromatic N) is 3. The normalized spacial score (nSPS) is 16.0. The molecule has 26 heteroatoms. The Morgan fingerprint density at radius 1 is 0.756 bits per heavy atom. The molecule has 438 valence electrons. The summed E-state index contributed by atoms with van der Waals surface area (Å²) in [5.41, 5.74) is 11.5. The maximum atomic E-state index is 14.2. The Bertz CT molecular complexity index is 2240. The molecule has 10 amide bonds. The van der Waals surface area contributed by atoms with Gasteiger partial charge in [0.1, 0.15) is 42.3 Å². The van der Waals surface area contributed by atoms with Gasteiger partial charge >= 0.3 is 0 Å². The number of nitrogens with two attached hydrogens (primary N) is 2. The summed E-state index contributed by atoms with van der Waals surface area (Å²) in [6, 6.07) is -3.86. The van der Waals surface area contributed by atoms with E-state index in [1.807, 2.05) is 6.92 Å². The Kier molecular flexibility index (Phi) is 29.0. The molecule has 1 heterocycles. The van der Waals surface area contributed by atoms with Gasteiger partial charge in [-0.05, 0) is 81.9 Å². The third-order valence-electron chi connectivity index (χ3n) is 13.1. The third kappa shape index (κ3) is 22.0. The van der Waals surface area contributed by atoms with Crippen molar-refractivity contribution in [3.8, 4) is 11.5 Å². The van der Waals surface area contributed by atoms with Crippen molar-refractivity contribution < 1.29 is 62.5 Å². The monoisotopic (exact) mass is 1100 g/mol. The number of nitrogens with one attached hydrogen (secondary N) is 8. The first-order valence-corrected chi connectivity index (χ1v) is 26.6. The van der Waals surface area contributed by atoms with Crippen LogP contribution in [0.1, 0.15) is 112 Å². The first kappa shape index (κ1) is 66.9. The molecule has 0 saturated carbocycles. The average Bonchev–Trinajstić information content (AvgIpc) is 3.89. The standard InChI is InChI=1S/C52H87N13O13/c1-12-17-34(45(70)62-43(30(6)13-2)49(74)60-35(18-15-22-56-52(53)54)51(76)65-23-16-19-38(65)48(73)55-14-3)59-50(75)44(31(7)66)63-47(72)36(24-29(4)5)61-46(71)37(25-33-20-21-39(77-10)40(26-33)78-11)58-41(68)27-57-42(69)28-64(9)32(8)67/h20-21,26,29-31,34-38,43-44,66H,12-19,22-25,27-28H2,1-11H3,(H,55,73)(H,57,69)(H,58,68)(H,59,75)(H,60,74)(H,61,71)(H,62,70)(H,63,72)(H4,53,54,56)/t30-,31+,34-,35-,36+,37-,38-,43-,44-/m0/s1. The van der Waals surface area contributed by atoms with E-state index in [4.69, 9.17) is 20.9 Å². The Labute approximate surface area is 457 Å². The van der Waals surface area contributed by atoms with E-state index in [0.29, 0.717) is 55.8 Å². The molecule has 1 aromatic rings. The number of benzene rings is 1. The van der Waals surface area contributed by atoms with Crippen LogP contribution in [-0.4, -0.2) is 182 Å². The van der Waals surface area contributed by atoms with Crippen LogP contribution in [0.15, 0.2) is 23.2 Å². The zero-order valence-corrected chi connectivity index (χ0v) is 47.2. The molecule has 9 atom stereocenters. The lowest BCUT2D eigenvalue weighted by atomic mass is 9.96. The van der Waals surface area contributed by atoms with Gasteiger partial charge < -0.3 is 78.4 Å². The lowest BCUT2D eigenvalue weighted by molar-refractivity contribution is -0.142. The van der Waals surface area contributed by atoms with E-state index in [0.717, 1.165) is 4.90 Å². The van der Waals surface area contributed by atoms with Gasteiger partial charge in [-0.3, -0.25) is 52.9 Å². The molecule has 0 unspecified atom stereocenters. The topological polar surface area (TPSA) is 377 Å². The molecule has 0 aromatic heterocycles. The Balaban J connectivity index is 2.39. The highest BCUT2D eigenvalue weighted by atomic mass is 16.5. The lowest BCUT2D eigenvalue weighted by Gasteiger charge is -2.31. The van der Waals surface area contributed by atoms with E-state index in [2.05, 4.69) is 47.5 Å². The van der Waals surface area contributed by atoms with Crippen molar-refractivity contribution in [2.75, 3.05) is 54.0 Å². The van der Waals surface area contributed by atoms with Gasteiger partial charge in [-0.1, -0.05) is 53.5 Å². The molecule has 2 rings (SSSR count). The molecule has 1 aromatic carbocycles. The van der Waals surface area contributed by atoms with E-state index in [-0.39, 0.29) is 68.9 Å². The fourth-order valence-corrected chi connectivity index (χ4v) is 8.49.